The first-order valence-corrected chi connectivity index (χ1v) is 11.1. The maximum absolute atomic E-state index is 12.5. The van der Waals surface area contributed by atoms with Crippen LogP contribution in [-0.4, -0.2) is 48.5 Å². The van der Waals surface area contributed by atoms with Gasteiger partial charge in [-0.15, -0.1) is 0 Å². The van der Waals surface area contributed by atoms with Crippen molar-refractivity contribution in [1.29, 1.82) is 0 Å². The van der Waals surface area contributed by atoms with Gasteiger partial charge in [0.1, 0.15) is 18.7 Å². The van der Waals surface area contributed by atoms with Crippen LogP contribution < -0.4 is 11.5 Å². The Kier molecular flexibility index (Phi) is 12.3. The molecule has 0 aromatic heterocycles. The molecule has 1 aromatic rings. The topological polar surface area (TPSA) is 148 Å². The van der Waals surface area contributed by atoms with E-state index in [0.29, 0.717) is 12.8 Å². The molecule has 1 radical (unpaired) electrons. The lowest BCUT2D eigenvalue weighted by atomic mass is 10.00. The normalized spacial score (nSPS) is 16.4. The Labute approximate surface area is 195 Å². The van der Waals surface area contributed by atoms with Gasteiger partial charge in [0.05, 0.1) is 6.42 Å². The van der Waals surface area contributed by atoms with E-state index in [1.807, 2.05) is 19.9 Å². The van der Waals surface area contributed by atoms with E-state index < -0.39 is 48.6 Å². The molecular formula is C24H35N2O7. The van der Waals surface area contributed by atoms with Gasteiger partial charge in [-0.2, -0.15) is 0 Å². The second-order valence-electron chi connectivity index (χ2n) is 8.12. The average molecular weight is 464 g/mol. The first kappa shape index (κ1) is 28.3. The molecule has 0 spiro atoms. The molecule has 6 atom stereocenters. The van der Waals surface area contributed by atoms with Crippen molar-refractivity contribution < 1.29 is 33.4 Å². The molecule has 0 saturated carbocycles. The van der Waals surface area contributed by atoms with Crippen LogP contribution in [0.15, 0.2) is 30.3 Å². The van der Waals surface area contributed by atoms with E-state index in [2.05, 4.69) is 0 Å². The molecule has 33 heavy (non-hydrogen) atoms. The molecule has 0 amide bonds. The van der Waals surface area contributed by atoms with Gasteiger partial charge in [-0.3, -0.25) is 19.2 Å². The first-order chi connectivity index (χ1) is 15.6. The van der Waals surface area contributed by atoms with Crippen LogP contribution in [0.2, 0.25) is 0 Å². The Morgan fingerprint density at radius 2 is 1.42 bits per heavy atom. The molecular weight excluding hydrogens is 428 g/mol. The molecule has 6 unspecified atom stereocenters. The summed E-state index contributed by atoms with van der Waals surface area (Å²) in [6.07, 6.45) is -0.888. The van der Waals surface area contributed by atoms with Gasteiger partial charge >= 0.3 is 17.9 Å². The Morgan fingerprint density at radius 3 is 1.91 bits per heavy atom. The molecule has 0 aliphatic heterocycles. The van der Waals surface area contributed by atoms with Crippen molar-refractivity contribution in [2.24, 2.45) is 23.3 Å². The minimum Gasteiger partial charge on any atom is -0.461 e. The zero-order chi connectivity index (χ0) is 25.0. The highest BCUT2D eigenvalue weighted by atomic mass is 16.6. The molecule has 183 valence electrons. The van der Waals surface area contributed by atoms with Crippen LogP contribution >= 0.6 is 0 Å². The third-order valence-electron chi connectivity index (χ3n) is 5.63. The van der Waals surface area contributed by atoms with Crippen LogP contribution in [0.5, 0.6) is 0 Å². The summed E-state index contributed by atoms with van der Waals surface area (Å²) in [6.45, 7) is 7.22. The van der Waals surface area contributed by atoms with Crippen molar-refractivity contribution in [1.82, 2.24) is 0 Å². The average Bonchev–Trinajstić information content (AvgIpc) is 2.83. The summed E-state index contributed by atoms with van der Waals surface area (Å²) in [5.74, 6) is -2.85. The van der Waals surface area contributed by atoms with E-state index in [1.54, 1.807) is 38.1 Å². The number of esters is 3. The summed E-state index contributed by atoms with van der Waals surface area (Å²) < 4.78 is 15.7. The van der Waals surface area contributed by atoms with E-state index in [0.717, 1.165) is 5.56 Å². The lowest BCUT2D eigenvalue weighted by molar-refractivity contribution is -0.170. The summed E-state index contributed by atoms with van der Waals surface area (Å²) >= 11 is 0. The molecule has 0 fully saturated rings. The molecule has 9 nitrogen and oxygen atoms in total. The maximum Gasteiger partial charge on any atom is 0.324 e. The lowest BCUT2D eigenvalue weighted by Gasteiger charge is -2.26. The van der Waals surface area contributed by atoms with Crippen molar-refractivity contribution in [2.75, 3.05) is 0 Å². The van der Waals surface area contributed by atoms with Gasteiger partial charge < -0.3 is 25.7 Å². The number of carbonyl (C=O) groups is 3. The zero-order valence-corrected chi connectivity index (χ0v) is 19.7. The first-order valence-electron chi connectivity index (χ1n) is 11.1. The predicted octanol–water partition coefficient (Wildman–Crippen LogP) is 1.80. The number of carbonyl (C=O) groups excluding carboxylic acids is 4. The highest BCUT2D eigenvalue weighted by Gasteiger charge is 2.36. The minimum atomic E-state index is -1.66. The Balaban J connectivity index is 2.95. The summed E-state index contributed by atoms with van der Waals surface area (Å²) in [4.78, 5) is 48.9. The van der Waals surface area contributed by atoms with E-state index in [1.165, 1.54) is 6.29 Å². The maximum atomic E-state index is 12.5. The number of ether oxygens (including phenoxy) is 3. The zero-order valence-electron chi connectivity index (χ0n) is 19.7. The van der Waals surface area contributed by atoms with Crippen molar-refractivity contribution >= 4 is 24.2 Å². The van der Waals surface area contributed by atoms with E-state index in [-0.39, 0.29) is 18.4 Å². The number of nitrogens with two attached hydrogens (primary N) is 2. The van der Waals surface area contributed by atoms with Gasteiger partial charge in [0.2, 0.25) is 12.4 Å². The summed E-state index contributed by atoms with van der Waals surface area (Å²) in [7, 11) is 0. The van der Waals surface area contributed by atoms with Crippen LogP contribution in [0, 0.1) is 11.8 Å². The standard InChI is InChI=1S/C24H35N2O7/c1-5-15(3)21(25)23(29)32-18(12-20(28)31-14-17-10-8-7-9-11-17)19(13-27)33-24(30)22(26)16(4)6-2/h7-11,15-16,18-19,21-22H,5-6,12,14,25-26H2,1-4H3. The Bertz CT molecular complexity index is 771. The van der Waals surface area contributed by atoms with Gasteiger partial charge in [-0.25, -0.2) is 0 Å². The second-order valence-corrected chi connectivity index (χ2v) is 8.12. The van der Waals surface area contributed by atoms with Gasteiger partial charge in [0.15, 0.2) is 6.10 Å². The molecule has 0 aliphatic rings. The molecule has 1 rings (SSSR count). The molecule has 4 N–H and O–H groups in total. The van der Waals surface area contributed by atoms with E-state index >= 15 is 0 Å². The van der Waals surface area contributed by atoms with Crippen LogP contribution in [0.1, 0.15) is 52.5 Å². The number of benzene rings is 1. The monoisotopic (exact) mass is 463 g/mol. The highest BCUT2D eigenvalue weighted by Crippen LogP contribution is 2.16. The molecule has 0 bridgehead atoms. The molecule has 9 heteroatoms. The number of hydrogen-bond acceptors (Lipinski definition) is 9. The van der Waals surface area contributed by atoms with Gasteiger partial charge in [0, 0.05) is 0 Å². The highest BCUT2D eigenvalue weighted by molar-refractivity contribution is 5.80. The summed E-state index contributed by atoms with van der Waals surface area (Å²) in [5, 5.41) is 0. The lowest BCUT2D eigenvalue weighted by Crippen LogP contribution is -2.47. The second kappa shape index (κ2) is 14.4. The third kappa shape index (κ3) is 9.31. The van der Waals surface area contributed by atoms with Crippen molar-refractivity contribution in [3.05, 3.63) is 35.9 Å². The fourth-order valence-electron chi connectivity index (χ4n) is 2.75. The number of hydrogen-bond donors (Lipinski definition) is 2. The van der Waals surface area contributed by atoms with Gasteiger partial charge in [0.25, 0.3) is 0 Å². The van der Waals surface area contributed by atoms with Crippen molar-refractivity contribution in [3.63, 3.8) is 0 Å². The van der Waals surface area contributed by atoms with Gasteiger partial charge in [-0.05, 0) is 17.4 Å². The summed E-state index contributed by atoms with van der Waals surface area (Å²) in [6, 6.07) is 6.98. The quantitative estimate of drug-likeness (QED) is 0.311. The Morgan fingerprint density at radius 1 is 0.909 bits per heavy atom. The van der Waals surface area contributed by atoms with Crippen LogP contribution in [0.3, 0.4) is 0 Å². The molecule has 0 aliphatic carbocycles. The minimum absolute atomic E-state index is 0.0130. The molecule has 0 heterocycles. The van der Waals surface area contributed by atoms with Gasteiger partial charge in [-0.1, -0.05) is 70.9 Å². The smallest absolute Gasteiger partial charge is 0.324 e. The van der Waals surface area contributed by atoms with Crippen LogP contribution in [0.25, 0.3) is 0 Å². The molecule has 1 aromatic carbocycles. The summed E-state index contributed by atoms with van der Waals surface area (Å²) in [5.41, 5.74) is 12.5. The fourth-order valence-corrected chi connectivity index (χ4v) is 2.75. The van der Waals surface area contributed by atoms with Crippen LogP contribution in [0.4, 0.5) is 0 Å². The van der Waals surface area contributed by atoms with E-state index in [9.17, 15) is 19.2 Å². The largest absolute Gasteiger partial charge is 0.461 e. The Hall–Kier alpha value is -2.78. The van der Waals surface area contributed by atoms with E-state index in [4.69, 9.17) is 25.7 Å². The number of rotatable bonds is 14. The fraction of sp³-hybridized carbons (Fsp3) is 0.583. The third-order valence-corrected chi connectivity index (χ3v) is 5.63. The molecule has 0 saturated heterocycles. The van der Waals surface area contributed by atoms with Crippen molar-refractivity contribution in [2.45, 2.75) is 77.9 Å². The SMILES string of the molecule is CCC(C)C(N)C(=O)OC([C]=O)C(CC(=O)OCc1ccccc1)OC(=O)C(N)C(C)CC. The van der Waals surface area contributed by atoms with Crippen molar-refractivity contribution in [3.8, 4) is 0 Å². The predicted molar refractivity (Wildman–Crippen MR) is 121 cm³/mol. The van der Waals surface area contributed by atoms with Crippen LogP contribution in [-0.2, 0) is 40.0 Å².